The first-order chi connectivity index (χ1) is 18.1. The number of unbranched alkanes of at least 4 members (excludes halogenated alkanes) is 1. The van der Waals surface area contributed by atoms with E-state index in [1.165, 1.54) is 12.1 Å². The molecule has 0 saturated heterocycles. The van der Waals surface area contributed by atoms with Crippen molar-refractivity contribution >= 4 is 28.5 Å². The number of benzene rings is 2. The van der Waals surface area contributed by atoms with Gasteiger partial charge in [-0.25, -0.2) is 19.3 Å². The molecule has 188 valence electrons. The lowest BCUT2D eigenvalue weighted by Gasteiger charge is -2.19. The Morgan fingerprint density at radius 3 is 2.78 bits per heavy atom. The lowest BCUT2D eigenvalue weighted by molar-refractivity contribution is 0.459. The number of nitrogens with one attached hydrogen (secondary N) is 1. The lowest BCUT2D eigenvalue weighted by atomic mass is 10.1. The van der Waals surface area contributed by atoms with E-state index in [2.05, 4.69) is 44.7 Å². The van der Waals surface area contributed by atoms with E-state index in [-0.39, 0.29) is 11.9 Å². The Morgan fingerprint density at radius 1 is 1.08 bits per heavy atom. The molecular formula is C29H28ClFN6. The molecule has 1 aliphatic rings. The standard InChI is InChI=1S/C29H28ClFN6/c1-2-3-15-32-29-33-16-13-24(34-29)28-27(19-7-9-20(31)10-8-19)35-26-12-11-21(37(26)28)18-36-17-14-22-23(30)5-4-6-25(22)36/h4-10,13-14,16-17,21H,2-3,11-12,15,18H2,1H3,(H,32,33,34)/t21-/m0/s1. The van der Waals surface area contributed by atoms with Crippen LogP contribution in [0.4, 0.5) is 10.3 Å². The van der Waals surface area contributed by atoms with Gasteiger partial charge in [-0.3, -0.25) is 0 Å². The third-order valence-corrected chi connectivity index (χ3v) is 7.38. The Labute approximate surface area is 220 Å². The fourth-order valence-corrected chi connectivity index (χ4v) is 5.46. The molecule has 0 saturated carbocycles. The fourth-order valence-electron chi connectivity index (χ4n) is 5.23. The van der Waals surface area contributed by atoms with Gasteiger partial charge in [-0.1, -0.05) is 31.0 Å². The van der Waals surface area contributed by atoms with Gasteiger partial charge < -0.3 is 14.5 Å². The molecule has 2 aromatic carbocycles. The molecular weight excluding hydrogens is 487 g/mol. The number of halogens is 2. The summed E-state index contributed by atoms with van der Waals surface area (Å²) < 4.78 is 18.3. The molecule has 3 aromatic heterocycles. The van der Waals surface area contributed by atoms with Gasteiger partial charge in [0.2, 0.25) is 5.95 Å². The van der Waals surface area contributed by atoms with Crippen molar-refractivity contribution in [3.8, 4) is 22.6 Å². The topological polar surface area (TPSA) is 60.6 Å². The van der Waals surface area contributed by atoms with E-state index in [0.717, 1.165) is 83.2 Å². The largest absolute Gasteiger partial charge is 0.354 e. The van der Waals surface area contributed by atoms with Crippen LogP contribution in [0.25, 0.3) is 33.5 Å². The van der Waals surface area contributed by atoms with Crippen molar-refractivity contribution in [2.45, 2.75) is 45.2 Å². The molecule has 1 atom stereocenters. The summed E-state index contributed by atoms with van der Waals surface area (Å²) in [5, 5.41) is 5.15. The number of fused-ring (bicyclic) bond motifs is 2. The van der Waals surface area contributed by atoms with Crippen LogP contribution in [-0.2, 0) is 13.0 Å². The van der Waals surface area contributed by atoms with Gasteiger partial charge >= 0.3 is 0 Å². The third kappa shape index (κ3) is 4.48. The summed E-state index contributed by atoms with van der Waals surface area (Å²) in [4.78, 5) is 14.4. The number of aromatic nitrogens is 5. The van der Waals surface area contributed by atoms with E-state index >= 15 is 0 Å². The highest BCUT2D eigenvalue weighted by molar-refractivity contribution is 6.35. The number of nitrogens with zero attached hydrogens (tertiary/aromatic N) is 5. The van der Waals surface area contributed by atoms with Crippen molar-refractivity contribution < 1.29 is 4.39 Å². The van der Waals surface area contributed by atoms with Gasteiger partial charge in [0.05, 0.1) is 23.1 Å². The molecule has 0 radical (unpaired) electrons. The Kier molecular flexibility index (Phi) is 6.38. The molecule has 0 unspecified atom stereocenters. The molecule has 1 aliphatic heterocycles. The summed E-state index contributed by atoms with van der Waals surface area (Å²) >= 11 is 6.44. The monoisotopic (exact) mass is 514 g/mol. The van der Waals surface area contributed by atoms with Gasteiger partial charge in [0.1, 0.15) is 11.6 Å². The first kappa shape index (κ1) is 23.7. The van der Waals surface area contributed by atoms with Crippen LogP contribution < -0.4 is 5.32 Å². The molecule has 0 spiro atoms. The van der Waals surface area contributed by atoms with E-state index in [4.69, 9.17) is 21.6 Å². The molecule has 1 N–H and O–H groups in total. The number of anilines is 1. The second-order valence-electron chi connectivity index (χ2n) is 9.48. The van der Waals surface area contributed by atoms with Crippen molar-refractivity contribution in [2.75, 3.05) is 11.9 Å². The number of aryl methyl sites for hydroxylation is 1. The lowest BCUT2D eigenvalue weighted by Crippen LogP contribution is -2.14. The average molecular weight is 515 g/mol. The van der Waals surface area contributed by atoms with Crippen molar-refractivity contribution in [2.24, 2.45) is 0 Å². The summed E-state index contributed by atoms with van der Waals surface area (Å²) in [6, 6.07) is 16.7. The van der Waals surface area contributed by atoms with Crippen LogP contribution in [0.1, 0.15) is 38.1 Å². The third-order valence-electron chi connectivity index (χ3n) is 7.05. The van der Waals surface area contributed by atoms with Gasteiger partial charge in [0.15, 0.2) is 0 Å². The zero-order valence-electron chi connectivity index (χ0n) is 20.7. The van der Waals surface area contributed by atoms with Crippen LogP contribution in [0.2, 0.25) is 5.02 Å². The molecule has 0 aliphatic carbocycles. The quantitative estimate of drug-likeness (QED) is 0.223. The Morgan fingerprint density at radius 2 is 1.95 bits per heavy atom. The maximum atomic E-state index is 13.8. The summed E-state index contributed by atoms with van der Waals surface area (Å²) in [5.41, 5.74) is 4.55. The molecule has 6 nitrogen and oxygen atoms in total. The van der Waals surface area contributed by atoms with Crippen LogP contribution in [0.3, 0.4) is 0 Å². The summed E-state index contributed by atoms with van der Waals surface area (Å²) in [6.45, 7) is 3.77. The van der Waals surface area contributed by atoms with Crippen LogP contribution in [0, 0.1) is 5.82 Å². The van der Waals surface area contributed by atoms with Crippen LogP contribution in [0.5, 0.6) is 0 Å². The van der Waals surface area contributed by atoms with E-state index < -0.39 is 0 Å². The first-order valence-corrected chi connectivity index (χ1v) is 13.2. The van der Waals surface area contributed by atoms with Gasteiger partial charge in [-0.2, -0.15) is 0 Å². The maximum Gasteiger partial charge on any atom is 0.223 e. The highest BCUT2D eigenvalue weighted by Gasteiger charge is 2.31. The number of hydrogen-bond donors (Lipinski definition) is 1. The molecule has 0 bridgehead atoms. The summed E-state index contributed by atoms with van der Waals surface area (Å²) in [6.07, 6.45) is 7.88. The Bertz CT molecular complexity index is 1550. The summed E-state index contributed by atoms with van der Waals surface area (Å²) in [7, 11) is 0. The second-order valence-corrected chi connectivity index (χ2v) is 9.89. The van der Waals surface area contributed by atoms with Crippen molar-refractivity contribution in [1.82, 2.24) is 24.1 Å². The molecule has 0 amide bonds. The normalized spacial score (nSPS) is 14.8. The van der Waals surface area contributed by atoms with Crippen LogP contribution >= 0.6 is 11.6 Å². The predicted molar refractivity (Wildman–Crippen MR) is 146 cm³/mol. The zero-order chi connectivity index (χ0) is 25.4. The first-order valence-electron chi connectivity index (χ1n) is 12.8. The minimum atomic E-state index is -0.266. The minimum absolute atomic E-state index is 0.188. The SMILES string of the molecule is CCCCNc1nccc(-c2c(-c3ccc(F)cc3)nc3n2[C@H](Cn2ccc4c(Cl)cccc42)CC3)n1. The van der Waals surface area contributed by atoms with Crippen molar-refractivity contribution in [1.29, 1.82) is 0 Å². The number of rotatable bonds is 8. The van der Waals surface area contributed by atoms with Gasteiger partial charge in [0.25, 0.3) is 0 Å². The van der Waals surface area contributed by atoms with Crippen LogP contribution in [0.15, 0.2) is 67.0 Å². The zero-order valence-corrected chi connectivity index (χ0v) is 21.4. The van der Waals surface area contributed by atoms with Gasteiger partial charge in [-0.05, 0) is 61.4 Å². The minimum Gasteiger partial charge on any atom is -0.354 e. The average Bonchev–Trinajstić information content (AvgIpc) is 3.60. The van der Waals surface area contributed by atoms with Gasteiger partial charge in [0, 0.05) is 53.4 Å². The van der Waals surface area contributed by atoms with E-state index in [1.807, 2.05) is 18.2 Å². The van der Waals surface area contributed by atoms with Crippen molar-refractivity contribution in [3.05, 3.63) is 83.7 Å². The maximum absolute atomic E-state index is 13.8. The Balaban J connectivity index is 1.44. The molecule has 6 rings (SSSR count). The second kappa shape index (κ2) is 9.98. The van der Waals surface area contributed by atoms with E-state index in [1.54, 1.807) is 18.3 Å². The number of hydrogen-bond acceptors (Lipinski definition) is 4. The highest BCUT2D eigenvalue weighted by Crippen LogP contribution is 2.40. The molecule has 4 heterocycles. The highest BCUT2D eigenvalue weighted by atomic mass is 35.5. The van der Waals surface area contributed by atoms with E-state index in [0.29, 0.717) is 5.95 Å². The smallest absolute Gasteiger partial charge is 0.223 e. The summed E-state index contributed by atoms with van der Waals surface area (Å²) in [5.74, 6) is 1.36. The van der Waals surface area contributed by atoms with Gasteiger partial charge in [-0.15, -0.1) is 0 Å². The van der Waals surface area contributed by atoms with Crippen molar-refractivity contribution in [3.63, 3.8) is 0 Å². The molecule has 8 heteroatoms. The van der Waals surface area contributed by atoms with Crippen LogP contribution in [-0.4, -0.2) is 30.6 Å². The molecule has 5 aromatic rings. The molecule has 37 heavy (non-hydrogen) atoms. The van der Waals surface area contributed by atoms with E-state index in [9.17, 15) is 4.39 Å². The fraction of sp³-hybridized carbons (Fsp3) is 0.276. The number of imidazole rings is 1. The molecule has 0 fully saturated rings. The predicted octanol–water partition coefficient (Wildman–Crippen LogP) is 7.15. The Hall–Kier alpha value is -3.71.